The lowest BCUT2D eigenvalue weighted by Gasteiger charge is -2.29. The topological polar surface area (TPSA) is 46.9 Å². The maximum atomic E-state index is 14.3. The van der Waals surface area contributed by atoms with Crippen LogP contribution in [0.1, 0.15) is 52.2 Å². The molecule has 0 bridgehead atoms. The summed E-state index contributed by atoms with van der Waals surface area (Å²) in [5.74, 6) is -0.319. The van der Waals surface area contributed by atoms with Crippen molar-refractivity contribution in [2.75, 3.05) is 18.0 Å². The summed E-state index contributed by atoms with van der Waals surface area (Å²) in [6.07, 6.45) is -2.28. The van der Waals surface area contributed by atoms with Gasteiger partial charge in [0.25, 0.3) is 0 Å². The van der Waals surface area contributed by atoms with Gasteiger partial charge in [-0.15, -0.1) is 12.4 Å². The quantitative estimate of drug-likeness (QED) is 0.0942. The standard InChI is InChI=1S/C21H21FN2.C14H15FN2.C7H4F3I.CH4.B2H3.ClH/c1-14-5-3-7-17(11-14)24-10-9-19-16(13-24)12-20(23-19)21-15(2)6-4-8-18(21)22;1-9-3-2-4-11(15)14(9)13-7-10-8-16-6-5-12(10)17-13;8-7(9,10)5-2-1-3-6(11)4-5;;1-2;/h3-8,11-12,23H,9-10,13H2,1-2H3;2-4,7,16-17H,5-6,8H2,1H3;1-4H;1H4;1H3;1H/q;;;;-1;. The minimum atomic E-state index is -4.22. The van der Waals surface area contributed by atoms with Crippen LogP contribution in [0.2, 0.25) is 0 Å². The predicted molar refractivity (Wildman–Crippen MR) is 237 cm³/mol. The van der Waals surface area contributed by atoms with E-state index in [0.717, 1.165) is 73.7 Å². The van der Waals surface area contributed by atoms with Gasteiger partial charge in [0.05, 0.1) is 5.56 Å². The Morgan fingerprint density at radius 2 is 1.27 bits per heavy atom. The minimum absolute atomic E-state index is 0. The number of aromatic amines is 2. The van der Waals surface area contributed by atoms with Gasteiger partial charge in [-0.2, -0.15) is 20.9 Å². The van der Waals surface area contributed by atoms with Gasteiger partial charge in [0.15, 0.2) is 0 Å². The highest BCUT2D eigenvalue weighted by Gasteiger charge is 2.30. The molecule has 4 heterocycles. The number of rotatable bonds is 3. The number of aromatic nitrogens is 2. The molecule has 8 rings (SSSR count). The van der Waals surface area contributed by atoms with Crippen molar-refractivity contribution in [3.63, 3.8) is 0 Å². The number of hydrogen-bond acceptors (Lipinski definition) is 2. The summed E-state index contributed by atoms with van der Waals surface area (Å²) in [7, 11) is 5.00. The lowest BCUT2D eigenvalue weighted by molar-refractivity contribution is -0.137. The van der Waals surface area contributed by atoms with Crippen LogP contribution in [0.15, 0.2) is 97.1 Å². The number of hydrogen-bond donors (Lipinski definition) is 3. The monoisotopic (exact) mass is 899 g/mol. The largest absolute Gasteiger partial charge is 0.416 e. The molecule has 0 unspecified atom stereocenters. The number of benzene rings is 4. The Morgan fingerprint density at radius 3 is 1.79 bits per heavy atom. The van der Waals surface area contributed by atoms with Crippen LogP contribution in [0.5, 0.6) is 0 Å². The molecule has 2 radical (unpaired) electrons. The summed E-state index contributed by atoms with van der Waals surface area (Å²) >= 11 is 1.85. The molecule has 0 fully saturated rings. The zero-order valence-electron chi connectivity index (χ0n) is 30.2. The van der Waals surface area contributed by atoms with Crippen LogP contribution in [0.4, 0.5) is 27.6 Å². The summed E-state index contributed by atoms with van der Waals surface area (Å²) in [4.78, 5) is 9.19. The molecule has 4 nitrogen and oxygen atoms in total. The summed E-state index contributed by atoms with van der Waals surface area (Å²) in [5.41, 5.74) is 12.0. The van der Waals surface area contributed by atoms with Gasteiger partial charge in [0, 0.05) is 82.2 Å². The van der Waals surface area contributed by atoms with Gasteiger partial charge < -0.3 is 20.2 Å². The molecule has 3 N–H and O–H groups in total. The molecule has 0 saturated carbocycles. The van der Waals surface area contributed by atoms with Crippen LogP contribution >= 0.6 is 35.0 Å². The van der Waals surface area contributed by atoms with Crippen molar-refractivity contribution in [2.24, 2.45) is 0 Å². The van der Waals surface area contributed by atoms with Gasteiger partial charge in [0.1, 0.15) is 11.6 Å². The smallest absolute Gasteiger partial charge is 0.367 e. The van der Waals surface area contributed by atoms with E-state index in [1.54, 1.807) is 18.2 Å². The van der Waals surface area contributed by atoms with Crippen LogP contribution in [0, 0.1) is 36.0 Å². The maximum Gasteiger partial charge on any atom is 0.416 e. The van der Waals surface area contributed by atoms with Crippen LogP contribution in [-0.2, 0) is 32.1 Å². The van der Waals surface area contributed by atoms with Gasteiger partial charge in [-0.3, -0.25) is 0 Å². The minimum Gasteiger partial charge on any atom is -0.367 e. The summed E-state index contributed by atoms with van der Waals surface area (Å²) in [6, 6.07) is 28.4. The van der Waals surface area contributed by atoms with Crippen molar-refractivity contribution >= 4 is 56.2 Å². The summed E-state index contributed by atoms with van der Waals surface area (Å²) in [6.45, 7) is 9.72. The molecule has 13 heteroatoms. The third-order valence-electron chi connectivity index (χ3n) is 9.34. The first-order valence-corrected chi connectivity index (χ1v) is 18.2. The lowest BCUT2D eigenvalue weighted by Crippen LogP contribution is -2.29. The molecule has 56 heavy (non-hydrogen) atoms. The third kappa shape index (κ3) is 11.5. The SMILES string of the molecule is C.Cc1cccc(F)c1-c1cc2c([nH]1)CCNC2.Cc1cccc(N2CCc3[nH]c(-c4c(C)cccc4F)cc3C2)c1.Cl.FC(F)(F)c1cccc(I)c1.[B][BH3-]. The Bertz CT molecular complexity index is 2120. The lowest BCUT2D eigenvalue weighted by atomic mass is 9.81. The zero-order chi connectivity index (χ0) is 39.0. The Morgan fingerprint density at radius 1 is 0.714 bits per heavy atom. The van der Waals surface area contributed by atoms with E-state index >= 15 is 0 Å². The molecule has 2 aliphatic heterocycles. The van der Waals surface area contributed by atoms with E-state index in [4.69, 9.17) is 7.74 Å². The molecular weight excluding hydrogens is 851 g/mol. The molecule has 0 saturated heterocycles. The van der Waals surface area contributed by atoms with Gasteiger partial charge in [-0.05, 0) is 126 Å². The van der Waals surface area contributed by atoms with Crippen LogP contribution in [0.3, 0.4) is 0 Å². The van der Waals surface area contributed by atoms with E-state index in [9.17, 15) is 22.0 Å². The molecule has 4 aromatic carbocycles. The molecule has 6 aromatic rings. The van der Waals surface area contributed by atoms with Gasteiger partial charge in [-0.25, -0.2) is 8.78 Å². The molecule has 0 atom stereocenters. The van der Waals surface area contributed by atoms with Gasteiger partial charge in [0.2, 0.25) is 0 Å². The molecule has 0 amide bonds. The number of H-pyrrole nitrogens is 2. The van der Waals surface area contributed by atoms with Crippen molar-refractivity contribution in [2.45, 2.75) is 60.3 Å². The third-order valence-corrected chi connectivity index (χ3v) is 10.0. The van der Waals surface area contributed by atoms with E-state index in [0.29, 0.717) is 14.7 Å². The number of nitrogens with one attached hydrogen (secondary N) is 3. The Kier molecular flexibility index (Phi) is 17.4. The number of halogens is 7. The fourth-order valence-electron chi connectivity index (χ4n) is 6.72. The van der Waals surface area contributed by atoms with E-state index in [1.807, 2.05) is 48.6 Å². The van der Waals surface area contributed by atoms with Crippen molar-refractivity contribution in [3.8, 4) is 22.5 Å². The predicted octanol–water partition coefficient (Wildman–Crippen LogP) is 10.6. The summed E-state index contributed by atoms with van der Waals surface area (Å²) in [5, 5.41) is 3.32. The molecule has 2 aromatic heterocycles. The van der Waals surface area contributed by atoms with Crippen LogP contribution < -0.4 is 10.2 Å². The molecule has 0 aliphatic carbocycles. The Balaban J connectivity index is 0.000000231. The van der Waals surface area contributed by atoms with Crippen LogP contribution in [-0.4, -0.2) is 38.5 Å². The Hall–Kier alpha value is -4.00. The zero-order valence-corrected chi connectivity index (χ0v) is 33.2. The van der Waals surface area contributed by atoms with E-state index in [2.05, 4.69) is 63.5 Å². The average Bonchev–Trinajstić information content (AvgIpc) is 3.76. The van der Waals surface area contributed by atoms with Gasteiger partial charge >= 0.3 is 6.18 Å². The number of aryl methyl sites for hydroxylation is 3. The highest BCUT2D eigenvalue weighted by molar-refractivity contribution is 14.1. The molecule has 296 valence electrons. The fourth-order valence-corrected chi connectivity index (χ4v) is 7.26. The first kappa shape index (κ1) is 46.4. The second-order valence-corrected chi connectivity index (χ2v) is 14.4. The Labute approximate surface area is 349 Å². The van der Waals surface area contributed by atoms with Crippen molar-refractivity contribution < 1.29 is 22.0 Å². The highest BCUT2D eigenvalue weighted by atomic mass is 127. The molecule has 2 aliphatic rings. The molecule has 0 spiro atoms. The van der Waals surface area contributed by atoms with E-state index in [1.165, 1.54) is 52.0 Å². The van der Waals surface area contributed by atoms with Crippen molar-refractivity contribution in [1.29, 1.82) is 0 Å². The van der Waals surface area contributed by atoms with Gasteiger partial charge in [-0.1, -0.05) is 57.6 Å². The second kappa shape index (κ2) is 21.0. The van der Waals surface area contributed by atoms with E-state index in [-0.39, 0.29) is 39.2 Å². The average molecular weight is 900 g/mol. The highest BCUT2D eigenvalue weighted by Crippen LogP contribution is 2.33. The van der Waals surface area contributed by atoms with E-state index < -0.39 is 11.7 Å². The fraction of sp³-hybridized carbons (Fsp3) is 0.256. The number of alkyl halides is 3. The molecular formula is C43H48B2ClF5IN4-. The van der Waals surface area contributed by atoms with Crippen molar-refractivity contribution in [3.05, 3.63) is 157 Å². The number of anilines is 1. The summed E-state index contributed by atoms with van der Waals surface area (Å²) < 4.78 is 64.6. The number of nitrogens with zero attached hydrogens (tertiary/aromatic N) is 1. The first-order valence-electron chi connectivity index (χ1n) is 17.1. The first-order chi connectivity index (χ1) is 25.9. The van der Waals surface area contributed by atoms with Crippen LogP contribution in [0.25, 0.3) is 22.5 Å². The maximum absolute atomic E-state index is 14.3. The van der Waals surface area contributed by atoms with Crippen molar-refractivity contribution in [1.82, 2.24) is 15.3 Å². The second-order valence-electron chi connectivity index (χ2n) is 13.2. The normalized spacial score (nSPS) is 12.8. The number of fused-ring (bicyclic) bond motifs is 2.